The van der Waals surface area contributed by atoms with Crippen molar-refractivity contribution in [2.24, 2.45) is 0 Å². The first kappa shape index (κ1) is 13.7. The van der Waals surface area contributed by atoms with Gasteiger partial charge < -0.3 is 15.1 Å². The monoisotopic (exact) mass is 282 g/mol. The molecule has 2 N–H and O–H groups in total. The molecule has 0 saturated heterocycles. The Kier molecular flexibility index (Phi) is 4.27. The summed E-state index contributed by atoms with van der Waals surface area (Å²) in [6.45, 7) is 3.41. The quantitative estimate of drug-likeness (QED) is 0.829. The van der Waals surface area contributed by atoms with E-state index in [1.807, 2.05) is 0 Å². The predicted octanol–water partition coefficient (Wildman–Crippen LogP) is 1.89. The normalized spacial score (nSPS) is 21.9. The van der Waals surface area contributed by atoms with E-state index < -0.39 is 0 Å². The van der Waals surface area contributed by atoms with Crippen LogP contribution < -0.4 is 10.6 Å². The van der Waals surface area contributed by atoms with E-state index in [9.17, 15) is 9.59 Å². The molecule has 2 amide bonds. The van der Waals surface area contributed by atoms with Gasteiger partial charge in [0.05, 0.1) is 0 Å². The molecule has 0 aromatic carbocycles. The molecular weight excluding hydrogens is 268 g/mol. The molecule has 2 rings (SSSR count). The third kappa shape index (κ3) is 3.61. The average molecular weight is 283 g/mol. The molecule has 2 atom stereocenters. The highest BCUT2D eigenvalue weighted by atomic mass is 35.5. The molecular formula is C13H15ClN2O3. The van der Waals surface area contributed by atoms with E-state index in [1.165, 1.54) is 18.2 Å². The molecule has 1 aromatic heterocycles. The van der Waals surface area contributed by atoms with E-state index in [0.29, 0.717) is 6.42 Å². The molecule has 0 aliphatic heterocycles. The summed E-state index contributed by atoms with van der Waals surface area (Å²) in [6, 6.07) is 3.17. The summed E-state index contributed by atoms with van der Waals surface area (Å²) in [5, 5.41) is 5.87. The summed E-state index contributed by atoms with van der Waals surface area (Å²) in [4.78, 5) is 23.0. The third-order valence-corrected chi connectivity index (χ3v) is 3.30. The van der Waals surface area contributed by atoms with Crippen LogP contribution in [0, 0.1) is 0 Å². The minimum Gasteiger partial charge on any atom is -0.440 e. The fraction of sp³-hybridized carbons (Fsp3) is 0.385. The summed E-state index contributed by atoms with van der Waals surface area (Å²) in [7, 11) is 0. The second kappa shape index (κ2) is 5.93. The average Bonchev–Trinajstić information content (AvgIpc) is 2.98. The molecule has 1 fully saturated rings. The van der Waals surface area contributed by atoms with Crippen molar-refractivity contribution in [2.45, 2.75) is 31.3 Å². The van der Waals surface area contributed by atoms with Crippen LogP contribution in [-0.4, -0.2) is 23.9 Å². The number of carbonyl (C=O) groups excluding carboxylic acids is 2. The number of carbonyl (C=O) groups is 2. The summed E-state index contributed by atoms with van der Waals surface area (Å²) in [6.07, 6.45) is 3.61. The molecule has 0 bridgehead atoms. The zero-order valence-corrected chi connectivity index (χ0v) is 11.1. The van der Waals surface area contributed by atoms with Crippen LogP contribution >= 0.6 is 11.6 Å². The van der Waals surface area contributed by atoms with Crippen LogP contribution in [0.5, 0.6) is 0 Å². The molecule has 0 radical (unpaired) electrons. The van der Waals surface area contributed by atoms with E-state index in [4.69, 9.17) is 16.0 Å². The lowest BCUT2D eigenvalue weighted by Gasteiger charge is -2.13. The maximum Gasteiger partial charge on any atom is 0.287 e. The number of amides is 2. The largest absolute Gasteiger partial charge is 0.440 e. The smallest absolute Gasteiger partial charge is 0.287 e. The zero-order valence-electron chi connectivity index (χ0n) is 10.3. The first-order chi connectivity index (χ1) is 9.08. The summed E-state index contributed by atoms with van der Waals surface area (Å²) in [5.41, 5.74) is 0. The maximum atomic E-state index is 11.8. The molecule has 0 unspecified atom stereocenters. The van der Waals surface area contributed by atoms with E-state index in [1.54, 1.807) is 0 Å². The van der Waals surface area contributed by atoms with Crippen molar-refractivity contribution < 1.29 is 14.0 Å². The fourth-order valence-corrected chi connectivity index (χ4v) is 2.34. The van der Waals surface area contributed by atoms with Crippen LogP contribution in [0.25, 0.3) is 0 Å². The third-order valence-electron chi connectivity index (χ3n) is 3.10. The Bertz CT molecular complexity index is 498. The van der Waals surface area contributed by atoms with E-state index >= 15 is 0 Å². The molecule has 5 nitrogen and oxygen atoms in total. The van der Waals surface area contributed by atoms with Crippen molar-refractivity contribution in [3.63, 3.8) is 0 Å². The Morgan fingerprint density at radius 3 is 2.58 bits per heavy atom. The molecule has 1 aromatic rings. The summed E-state index contributed by atoms with van der Waals surface area (Å²) in [5.74, 6) is -0.272. The van der Waals surface area contributed by atoms with Gasteiger partial charge in [0, 0.05) is 12.1 Å². The maximum absolute atomic E-state index is 11.8. The number of nitrogens with one attached hydrogen (secondary N) is 2. The summed E-state index contributed by atoms with van der Waals surface area (Å²) >= 11 is 5.61. The van der Waals surface area contributed by atoms with Crippen LogP contribution in [0.2, 0.25) is 5.22 Å². The van der Waals surface area contributed by atoms with Gasteiger partial charge in [-0.05, 0) is 49.1 Å². The first-order valence-corrected chi connectivity index (χ1v) is 6.45. The zero-order chi connectivity index (χ0) is 13.8. The molecule has 0 spiro atoms. The molecule has 1 heterocycles. The highest BCUT2D eigenvalue weighted by Crippen LogP contribution is 2.20. The molecule has 1 aliphatic rings. The lowest BCUT2D eigenvalue weighted by molar-refractivity contribution is -0.117. The van der Waals surface area contributed by atoms with Crippen molar-refractivity contribution in [1.29, 1.82) is 0 Å². The number of rotatable bonds is 4. The minimum absolute atomic E-state index is 0.0338. The van der Waals surface area contributed by atoms with Crippen LogP contribution in [0.15, 0.2) is 29.2 Å². The van der Waals surface area contributed by atoms with Crippen molar-refractivity contribution in [3.05, 3.63) is 35.8 Å². The number of hydrogen-bond donors (Lipinski definition) is 2. The highest BCUT2D eigenvalue weighted by Gasteiger charge is 2.27. The fourth-order valence-electron chi connectivity index (χ4n) is 2.20. The predicted molar refractivity (Wildman–Crippen MR) is 71.0 cm³/mol. The van der Waals surface area contributed by atoms with E-state index in [0.717, 1.165) is 12.8 Å². The first-order valence-electron chi connectivity index (χ1n) is 6.07. The molecule has 19 heavy (non-hydrogen) atoms. The Labute approximate surface area is 116 Å². The number of hydrogen-bond acceptors (Lipinski definition) is 3. The molecule has 6 heteroatoms. The van der Waals surface area contributed by atoms with Gasteiger partial charge in [0.2, 0.25) is 5.91 Å². The molecule has 102 valence electrons. The number of halogens is 1. The van der Waals surface area contributed by atoms with Crippen molar-refractivity contribution >= 4 is 23.4 Å². The Hall–Kier alpha value is -1.75. The van der Waals surface area contributed by atoms with Crippen LogP contribution in [0.4, 0.5) is 0 Å². The van der Waals surface area contributed by atoms with Gasteiger partial charge >= 0.3 is 0 Å². The number of furan rings is 1. The Morgan fingerprint density at radius 1 is 1.32 bits per heavy atom. The van der Waals surface area contributed by atoms with Crippen molar-refractivity contribution in [2.75, 3.05) is 0 Å². The van der Waals surface area contributed by atoms with Gasteiger partial charge in [-0.1, -0.05) is 6.58 Å². The highest BCUT2D eigenvalue weighted by molar-refractivity contribution is 6.29. The Balaban J connectivity index is 1.83. The van der Waals surface area contributed by atoms with Gasteiger partial charge in [-0.25, -0.2) is 0 Å². The van der Waals surface area contributed by atoms with Gasteiger partial charge in [-0.2, -0.15) is 0 Å². The second-order valence-electron chi connectivity index (χ2n) is 4.50. The van der Waals surface area contributed by atoms with Gasteiger partial charge in [-0.3, -0.25) is 9.59 Å². The van der Waals surface area contributed by atoms with Crippen LogP contribution in [0.3, 0.4) is 0 Å². The standard InChI is InChI=1S/C13H15ClN2O3/c1-2-12(17)15-8-3-4-9(7-8)16-13(18)10-5-6-11(14)19-10/h2,5-6,8-9H,1,3-4,7H2,(H,15,17)(H,16,18)/t8-,9-/m1/s1. The van der Waals surface area contributed by atoms with E-state index in [-0.39, 0.29) is 34.9 Å². The van der Waals surface area contributed by atoms with Crippen LogP contribution in [0.1, 0.15) is 29.8 Å². The molecule has 1 aliphatic carbocycles. The molecule has 1 saturated carbocycles. The topological polar surface area (TPSA) is 71.3 Å². The van der Waals surface area contributed by atoms with Crippen molar-refractivity contribution in [3.8, 4) is 0 Å². The minimum atomic E-state index is -0.285. The van der Waals surface area contributed by atoms with Gasteiger partial charge in [-0.15, -0.1) is 0 Å². The van der Waals surface area contributed by atoms with Gasteiger partial charge in [0.1, 0.15) is 0 Å². The second-order valence-corrected chi connectivity index (χ2v) is 4.87. The summed E-state index contributed by atoms with van der Waals surface area (Å²) < 4.78 is 5.03. The van der Waals surface area contributed by atoms with Gasteiger partial charge in [0.25, 0.3) is 5.91 Å². The lowest BCUT2D eigenvalue weighted by Crippen LogP contribution is -2.36. The van der Waals surface area contributed by atoms with Gasteiger partial charge in [0.15, 0.2) is 11.0 Å². The van der Waals surface area contributed by atoms with E-state index in [2.05, 4.69) is 17.2 Å². The SMILES string of the molecule is C=CC(=O)N[C@@H]1CC[C@@H](NC(=O)c2ccc(Cl)o2)C1. The van der Waals surface area contributed by atoms with Crippen molar-refractivity contribution in [1.82, 2.24) is 10.6 Å². The Morgan fingerprint density at radius 2 is 2.00 bits per heavy atom. The van der Waals surface area contributed by atoms with Crippen LogP contribution in [-0.2, 0) is 4.79 Å². The lowest BCUT2D eigenvalue weighted by atomic mass is 10.2.